The molecule has 1 amide bonds. The molecule has 94 valence electrons. The number of nitrogens with one attached hydrogen (secondary N) is 1. The Labute approximate surface area is 105 Å². The normalized spacial score (nSPS) is 24.5. The van der Waals surface area contributed by atoms with Crippen LogP contribution in [0.4, 0.5) is 5.13 Å². The van der Waals surface area contributed by atoms with E-state index in [9.17, 15) is 4.79 Å². The zero-order chi connectivity index (χ0) is 12.1. The summed E-state index contributed by atoms with van der Waals surface area (Å²) < 4.78 is 5.61. The average molecular weight is 255 g/mol. The van der Waals surface area contributed by atoms with E-state index in [1.807, 2.05) is 0 Å². The van der Waals surface area contributed by atoms with Gasteiger partial charge in [-0.1, -0.05) is 31.1 Å². The molecule has 1 N–H and O–H groups in total. The van der Waals surface area contributed by atoms with Crippen LogP contribution < -0.4 is 5.32 Å². The standard InChI is InChI=1S/C11H17N3O2S/c1-8-3-2-4-9(5-8)16-6-10(15)13-11-14-12-7-17-11/h7-9H,2-6H2,1H3,(H,13,14,15)/t8-,9-/m0/s1. The first kappa shape index (κ1) is 12.4. The molecule has 0 radical (unpaired) electrons. The van der Waals surface area contributed by atoms with Crippen molar-refractivity contribution in [1.82, 2.24) is 10.2 Å². The summed E-state index contributed by atoms with van der Waals surface area (Å²) in [6.45, 7) is 2.34. The molecule has 1 aromatic rings. The number of ether oxygens (including phenoxy) is 1. The SMILES string of the molecule is C[C@H]1CCC[C@H](OCC(=O)Nc2nncs2)C1. The molecule has 6 heteroatoms. The summed E-state index contributed by atoms with van der Waals surface area (Å²) in [7, 11) is 0. The van der Waals surface area contributed by atoms with Crippen LogP contribution in [0.15, 0.2) is 5.51 Å². The highest BCUT2D eigenvalue weighted by Crippen LogP contribution is 2.25. The predicted molar refractivity (Wildman–Crippen MR) is 65.9 cm³/mol. The molecule has 1 heterocycles. The largest absolute Gasteiger partial charge is 0.368 e. The van der Waals surface area contributed by atoms with Gasteiger partial charge in [-0.25, -0.2) is 0 Å². The van der Waals surface area contributed by atoms with Crippen molar-refractivity contribution in [2.24, 2.45) is 5.92 Å². The van der Waals surface area contributed by atoms with E-state index in [4.69, 9.17) is 4.74 Å². The first-order chi connectivity index (χ1) is 8.24. The second kappa shape index (κ2) is 6.07. The molecular weight excluding hydrogens is 238 g/mol. The molecule has 0 aromatic carbocycles. The van der Waals surface area contributed by atoms with Crippen molar-refractivity contribution >= 4 is 22.4 Å². The number of carbonyl (C=O) groups excluding carboxylic acids is 1. The first-order valence-electron chi connectivity index (χ1n) is 5.91. The van der Waals surface area contributed by atoms with Crippen molar-refractivity contribution in [2.45, 2.75) is 38.7 Å². The third-order valence-corrected chi connectivity index (χ3v) is 3.55. The Morgan fingerprint density at radius 2 is 2.53 bits per heavy atom. The number of amides is 1. The molecule has 1 aromatic heterocycles. The molecule has 1 saturated carbocycles. The van der Waals surface area contributed by atoms with Crippen molar-refractivity contribution in [3.05, 3.63) is 5.51 Å². The molecule has 1 fully saturated rings. The lowest BCUT2D eigenvalue weighted by Crippen LogP contribution is -2.26. The fraction of sp³-hybridized carbons (Fsp3) is 0.727. The summed E-state index contributed by atoms with van der Waals surface area (Å²) in [6.07, 6.45) is 4.84. The van der Waals surface area contributed by atoms with Gasteiger partial charge in [-0.3, -0.25) is 10.1 Å². The molecule has 2 rings (SSSR count). The van der Waals surface area contributed by atoms with E-state index in [1.165, 1.54) is 24.2 Å². The molecule has 1 aliphatic carbocycles. The van der Waals surface area contributed by atoms with Crippen LogP contribution in [0.3, 0.4) is 0 Å². The molecule has 0 aliphatic heterocycles. The van der Waals surface area contributed by atoms with Gasteiger partial charge >= 0.3 is 0 Å². The maximum absolute atomic E-state index is 11.5. The van der Waals surface area contributed by atoms with E-state index >= 15 is 0 Å². The first-order valence-corrected chi connectivity index (χ1v) is 6.79. The summed E-state index contributed by atoms with van der Waals surface area (Å²) >= 11 is 1.30. The van der Waals surface area contributed by atoms with Gasteiger partial charge < -0.3 is 4.74 Å². The van der Waals surface area contributed by atoms with Crippen molar-refractivity contribution in [3.63, 3.8) is 0 Å². The number of anilines is 1. The number of hydrogen-bond acceptors (Lipinski definition) is 5. The fourth-order valence-corrected chi connectivity index (χ4v) is 2.57. The number of nitrogens with zero attached hydrogens (tertiary/aromatic N) is 2. The molecule has 1 aliphatic rings. The Morgan fingerprint density at radius 1 is 1.65 bits per heavy atom. The molecule has 5 nitrogen and oxygen atoms in total. The van der Waals surface area contributed by atoms with Gasteiger partial charge in [0.25, 0.3) is 5.91 Å². The van der Waals surface area contributed by atoms with Gasteiger partial charge in [0.2, 0.25) is 5.13 Å². The van der Waals surface area contributed by atoms with Crippen LogP contribution in [-0.4, -0.2) is 28.8 Å². The van der Waals surface area contributed by atoms with E-state index < -0.39 is 0 Å². The summed E-state index contributed by atoms with van der Waals surface area (Å²) in [5, 5.41) is 10.6. The molecule has 0 bridgehead atoms. The maximum atomic E-state index is 11.5. The van der Waals surface area contributed by atoms with Gasteiger partial charge in [0.1, 0.15) is 12.1 Å². The van der Waals surface area contributed by atoms with Crippen LogP contribution in [0.2, 0.25) is 0 Å². The highest BCUT2D eigenvalue weighted by molar-refractivity contribution is 7.13. The lowest BCUT2D eigenvalue weighted by atomic mass is 9.89. The second-order valence-electron chi connectivity index (χ2n) is 4.50. The lowest BCUT2D eigenvalue weighted by molar-refractivity contribution is -0.123. The predicted octanol–water partition coefficient (Wildman–Crippen LogP) is 2.07. The van der Waals surface area contributed by atoms with E-state index in [2.05, 4.69) is 22.4 Å². The van der Waals surface area contributed by atoms with Crippen LogP contribution in [0, 0.1) is 5.92 Å². The molecule has 2 atom stereocenters. The van der Waals surface area contributed by atoms with E-state index in [-0.39, 0.29) is 18.6 Å². The number of hydrogen-bond donors (Lipinski definition) is 1. The van der Waals surface area contributed by atoms with Gasteiger partial charge in [-0.2, -0.15) is 0 Å². The number of carbonyl (C=O) groups is 1. The van der Waals surface area contributed by atoms with Crippen LogP contribution >= 0.6 is 11.3 Å². The molecule has 0 spiro atoms. The fourth-order valence-electron chi connectivity index (χ4n) is 2.11. The van der Waals surface area contributed by atoms with Crippen molar-refractivity contribution in [1.29, 1.82) is 0 Å². The lowest BCUT2D eigenvalue weighted by Gasteiger charge is -2.26. The van der Waals surface area contributed by atoms with Gasteiger partial charge in [0.15, 0.2) is 0 Å². The van der Waals surface area contributed by atoms with Gasteiger partial charge in [0.05, 0.1) is 6.10 Å². The zero-order valence-electron chi connectivity index (χ0n) is 9.89. The smallest absolute Gasteiger partial charge is 0.252 e. The minimum Gasteiger partial charge on any atom is -0.368 e. The summed E-state index contributed by atoms with van der Waals surface area (Å²) in [5.41, 5.74) is 1.58. The summed E-state index contributed by atoms with van der Waals surface area (Å²) in [6, 6.07) is 0. The zero-order valence-corrected chi connectivity index (χ0v) is 10.7. The van der Waals surface area contributed by atoms with Crippen LogP contribution in [0.1, 0.15) is 32.6 Å². The Morgan fingerprint density at radius 3 is 3.24 bits per heavy atom. The Kier molecular flexibility index (Phi) is 4.44. The van der Waals surface area contributed by atoms with Crippen molar-refractivity contribution in [2.75, 3.05) is 11.9 Å². The van der Waals surface area contributed by atoms with Gasteiger partial charge in [0, 0.05) is 0 Å². The quantitative estimate of drug-likeness (QED) is 0.894. The van der Waals surface area contributed by atoms with Crippen LogP contribution in [0.25, 0.3) is 0 Å². The molecule has 17 heavy (non-hydrogen) atoms. The van der Waals surface area contributed by atoms with E-state index in [0.717, 1.165) is 12.8 Å². The third kappa shape index (κ3) is 4.05. The maximum Gasteiger partial charge on any atom is 0.252 e. The monoisotopic (exact) mass is 255 g/mol. The highest BCUT2D eigenvalue weighted by atomic mass is 32.1. The van der Waals surface area contributed by atoms with E-state index in [1.54, 1.807) is 5.51 Å². The Bertz CT molecular complexity index is 356. The van der Waals surface area contributed by atoms with Gasteiger partial charge in [-0.15, -0.1) is 10.2 Å². The second-order valence-corrected chi connectivity index (χ2v) is 5.33. The van der Waals surface area contributed by atoms with Crippen LogP contribution in [0.5, 0.6) is 0 Å². The highest BCUT2D eigenvalue weighted by Gasteiger charge is 2.20. The Hall–Kier alpha value is -1.01. The number of aromatic nitrogens is 2. The van der Waals surface area contributed by atoms with Crippen molar-refractivity contribution < 1.29 is 9.53 Å². The summed E-state index contributed by atoms with van der Waals surface area (Å²) in [4.78, 5) is 11.5. The molecule has 0 saturated heterocycles. The number of rotatable bonds is 4. The summed E-state index contributed by atoms with van der Waals surface area (Å²) in [5.74, 6) is 0.556. The minimum atomic E-state index is -0.153. The third-order valence-electron chi connectivity index (χ3n) is 2.94. The van der Waals surface area contributed by atoms with Crippen LogP contribution in [-0.2, 0) is 9.53 Å². The topological polar surface area (TPSA) is 64.1 Å². The molecular formula is C11H17N3O2S. The minimum absolute atomic E-state index is 0.108. The van der Waals surface area contributed by atoms with Crippen molar-refractivity contribution in [3.8, 4) is 0 Å². The Balaban J connectivity index is 1.69. The van der Waals surface area contributed by atoms with Gasteiger partial charge in [-0.05, 0) is 18.8 Å². The molecule has 0 unspecified atom stereocenters. The van der Waals surface area contributed by atoms with E-state index in [0.29, 0.717) is 11.0 Å². The average Bonchev–Trinajstić information content (AvgIpc) is 2.79.